The Hall–Kier alpha value is -2.08. The van der Waals surface area contributed by atoms with Crippen LogP contribution >= 0.6 is 27.3 Å². The summed E-state index contributed by atoms with van der Waals surface area (Å²) in [4.78, 5) is 0. The lowest BCUT2D eigenvalue weighted by atomic mass is 10.0. The van der Waals surface area contributed by atoms with Gasteiger partial charge in [-0.15, -0.1) is 11.3 Å². The SMILES string of the molecule is CCCCCCCCCCc1ccc(C#Cc2cc3cc4ccsc4cc3cc2Br)cc1. The van der Waals surface area contributed by atoms with Crippen LogP contribution in [0.4, 0.5) is 0 Å². The third kappa shape index (κ3) is 6.25. The molecule has 2 heteroatoms. The normalized spacial score (nSPS) is 11.1. The van der Waals surface area contributed by atoms with Crippen molar-refractivity contribution in [3.8, 4) is 11.8 Å². The fourth-order valence-corrected chi connectivity index (χ4v) is 5.46. The van der Waals surface area contributed by atoms with Crippen LogP contribution in [-0.4, -0.2) is 0 Å². The second kappa shape index (κ2) is 11.7. The van der Waals surface area contributed by atoms with E-state index in [2.05, 4.69) is 94.7 Å². The topological polar surface area (TPSA) is 0 Å². The van der Waals surface area contributed by atoms with Crippen molar-refractivity contribution >= 4 is 48.1 Å². The maximum absolute atomic E-state index is 3.72. The standard InChI is InChI=1S/C30H31BrS/c1-2-3-4-5-6-7-8-9-10-23-11-13-24(14-12-23)15-16-25-19-27-20-26-17-18-32-30(26)22-28(27)21-29(25)31/h11-14,17-22H,2-10H2,1H3. The molecule has 0 amide bonds. The zero-order chi connectivity index (χ0) is 22.2. The molecule has 0 radical (unpaired) electrons. The average molecular weight is 504 g/mol. The van der Waals surface area contributed by atoms with Gasteiger partial charge in [0.15, 0.2) is 0 Å². The second-order valence-electron chi connectivity index (χ2n) is 8.66. The van der Waals surface area contributed by atoms with Crippen LogP contribution in [0, 0.1) is 11.8 Å². The summed E-state index contributed by atoms with van der Waals surface area (Å²) >= 11 is 5.50. The Morgan fingerprint density at radius 1 is 0.719 bits per heavy atom. The highest BCUT2D eigenvalue weighted by atomic mass is 79.9. The molecule has 32 heavy (non-hydrogen) atoms. The van der Waals surface area contributed by atoms with Gasteiger partial charge in [-0.05, 0) is 98.3 Å². The first-order chi connectivity index (χ1) is 15.7. The molecule has 1 aromatic heterocycles. The van der Waals surface area contributed by atoms with Crippen LogP contribution in [0.15, 0.2) is 64.5 Å². The monoisotopic (exact) mass is 502 g/mol. The van der Waals surface area contributed by atoms with E-state index in [1.54, 1.807) is 11.3 Å². The van der Waals surface area contributed by atoms with E-state index in [0.717, 1.165) is 15.6 Å². The van der Waals surface area contributed by atoms with Crippen molar-refractivity contribution in [3.05, 3.63) is 81.1 Å². The molecule has 164 valence electrons. The highest BCUT2D eigenvalue weighted by molar-refractivity contribution is 9.10. The number of hydrogen-bond acceptors (Lipinski definition) is 1. The van der Waals surface area contributed by atoms with E-state index in [4.69, 9.17) is 0 Å². The fourth-order valence-electron chi connectivity index (χ4n) is 4.18. The molecule has 0 spiro atoms. The Labute approximate surface area is 205 Å². The lowest BCUT2D eigenvalue weighted by Crippen LogP contribution is -1.87. The zero-order valence-electron chi connectivity index (χ0n) is 18.9. The molecular weight excluding hydrogens is 472 g/mol. The first kappa shape index (κ1) is 23.1. The van der Waals surface area contributed by atoms with Crippen molar-refractivity contribution in [2.24, 2.45) is 0 Å². The summed E-state index contributed by atoms with van der Waals surface area (Å²) in [5.74, 6) is 6.72. The van der Waals surface area contributed by atoms with Crippen LogP contribution < -0.4 is 0 Å². The van der Waals surface area contributed by atoms with E-state index in [-0.39, 0.29) is 0 Å². The van der Waals surface area contributed by atoms with Crippen molar-refractivity contribution in [3.63, 3.8) is 0 Å². The van der Waals surface area contributed by atoms with Crippen molar-refractivity contribution in [1.29, 1.82) is 0 Å². The number of hydrogen-bond donors (Lipinski definition) is 0. The highest BCUT2D eigenvalue weighted by Gasteiger charge is 2.04. The number of rotatable bonds is 9. The molecule has 0 atom stereocenters. The van der Waals surface area contributed by atoms with Gasteiger partial charge in [0.25, 0.3) is 0 Å². The van der Waals surface area contributed by atoms with E-state index in [0.29, 0.717) is 0 Å². The van der Waals surface area contributed by atoms with Crippen molar-refractivity contribution in [2.45, 2.75) is 64.7 Å². The van der Waals surface area contributed by atoms with E-state index in [9.17, 15) is 0 Å². The van der Waals surface area contributed by atoms with Gasteiger partial charge in [0.2, 0.25) is 0 Å². The Kier molecular flexibility index (Phi) is 8.43. The van der Waals surface area contributed by atoms with Crippen molar-refractivity contribution in [1.82, 2.24) is 0 Å². The number of halogens is 1. The molecule has 0 aliphatic heterocycles. The number of fused-ring (bicyclic) bond motifs is 2. The fraction of sp³-hybridized carbons (Fsp3) is 0.333. The van der Waals surface area contributed by atoms with Gasteiger partial charge in [-0.2, -0.15) is 0 Å². The average Bonchev–Trinajstić information content (AvgIpc) is 3.26. The molecule has 1 heterocycles. The molecule has 4 aromatic rings. The van der Waals surface area contributed by atoms with Crippen LogP contribution in [0.1, 0.15) is 75.0 Å². The van der Waals surface area contributed by atoms with E-state index >= 15 is 0 Å². The Morgan fingerprint density at radius 2 is 1.44 bits per heavy atom. The molecule has 0 fully saturated rings. The van der Waals surface area contributed by atoms with Gasteiger partial charge < -0.3 is 0 Å². The summed E-state index contributed by atoms with van der Waals surface area (Å²) < 4.78 is 2.38. The summed E-state index contributed by atoms with van der Waals surface area (Å²) in [6, 6.07) is 19.9. The molecule has 0 aliphatic rings. The summed E-state index contributed by atoms with van der Waals surface area (Å²) in [6.45, 7) is 2.28. The predicted molar refractivity (Wildman–Crippen MR) is 146 cm³/mol. The summed E-state index contributed by atoms with van der Waals surface area (Å²) in [5, 5.41) is 5.94. The maximum atomic E-state index is 3.72. The van der Waals surface area contributed by atoms with Gasteiger partial charge in [-0.1, -0.05) is 75.8 Å². The molecule has 0 saturated heterocycles. The quantitative estimate of drug-likeness (QED) is 0.157. The molecule has 0 bridgehead atoms. The summed E-state index contributed by atoms with van der Waals surface area (Å²) in [6.07, 6.45) is 12.1. The van der Waals surface area contributed by atoms with Crippen molar-refractivity contribution in [2.75, 3.05) is 0 Å². The van der Waals surface area contributed by atoms with Gasteiger partial charge in [-0.3, -0.25) is 0 Å². The van der Waals surface area contributed by atoms with Gasteiger partial charge in [-0.25, -0.2) is 0 Å². The van der Waals surface area contributed by atoms with Crippen LogP contribution in [0.25, 0.3) is 20.9 Å². The molecule has 0 saturated carbocycles. The highest BCUT2D eigenvalue weighted by Crippen LogP contribution is 2.30. The number of thiophene rings is 1. The molecule has 3 aromatic carbocycles. The summed E-state index contributed by atoms with van der Waals surface area (Å²) in [7, 11) is 0. The molecule has 0 unspecified atom stereocenters. The molecule has 0 aliphatic carbocycles. The van der Waals surface area contributed by atoms with Gasteiger partial charge in [0.05, 0.1) is 0 Å². The predicted octanol–water partition coefficient (Wildman–Crippen LogP) is 9.90. The van der Waals surface area contributed by atoms with Crippen LogP contribution in [0.2, 0.25) is 0 Å². The largest absolute Gasteiger partial charge is 0.144 e. The third-order valence-electron chi connectivity index (χ3n) is 6.11. The second-order valence-corrected chi connectivity index (χ2v) is 10.5. The van der Waals surface area contributed by atoms with E-state index in [1.165, 1.54) is 84.2 Å². The molecule has 4 rings (SSSR count). The van der Waals surface area contributed by atoms with Gasteiger partial charge in [0, 0.05) is 20.3 Å². The minimum Gasteiger partial charge on any atom is -0.144 e. The minimum absolute atomic E-state index is 1.04. The van der Waals surface area contributed by atoms with E-state index in [1.807, 2.05) is 0 Å². The first-order valence-corrected chi connectivity index (χ1v) is 13.6. The molecular formula is C30H31BrS. The summed E-state index contributed by atoms with van der Waals surface area (Å²) in [5.41, 5.74) is 3.54. The minimum atomic E-state index is 1.04. The smallest absolute Gasteiger partial charge is 0.0397 e. The third-order valence-corrected chi connectivity index (χ3v) is 7.65. The Bertz CT molecular complexity index is 1220. The van der Waals surface area contributed by atoms with Crippen LogP contribution in [0.3, 0.4) is 0 Å². The van der Waals surface area contributed by atoms with Crippen molar-refractivity contribution < 1.29 is 0 Å². The molecule has 0 N–H and O–H groups in total. The van der Waals surface area contributed by atoms with Crippen LogP contribution in [-0.2, 0) is 6.42 Å². The Morgan fingerprint density at radius 3 is 2.22 bits per heavy atom. The lowest BCUT2D eigenvalue weighted by molar-refractivity contribution is 0.575. The number of aryl methyl sites for hydroxylation is 1. The Balaban J connectivity index is 1.34. The van der Waals surface area contributed by atoms with Gasteiger partial charge in [0.1, 0.15) is 0 Å². The van der Waals surface area contributed by atoms with Crippen LogP contribution in [0.5, 0.6) is 0 Å². The molecule has 0 nitrogen and oxygen atoms in total. The zero-order valence-corrected chi connectivity index (χ0v) is 21.3. The van der Waals surface area contributed by atoms with Gasteiger partial charge >= 0.3 is 0 Å². The number of unbranched alkanes of at least 4 members (excludes halogenated alkanes) is 7. The lowest BCUT2D eigenvalue weighted by Gasteiger charge is -2.04. The first-order valence-electron chi connectivity index (χ1n) is 11.9. The maximum Gasteiger partial charge on any atom is 0.0397 e. The number of benzene rings is 3. The van der Waals surface area contributed by atoms with E-state index < -0.39 is 0 Å².